The van der Waals surface area contributed by atoms with Crippen LogP contribution in [0, 0.1) is 5.82 Å². The van der Waals surface area contributed by atoms with Crippen LogP contribution in [0.5, 0.6) is 0 Å². The molecular weight excluding hydrogens is 315 g/mol. The van der Waals surface area contributed by atoms with E-state index in [0.29, 0.717) is 10.4 Å². The highest BCUT2D eigenvalue weighted by Crippen LogP contribution is 2.33. The molecule has 1 heterocycles. The van der Waals surface area contributed by atoms with Crippen LogP contribution >= 0.6 is 11.3 Å². The lowest BCUT2D eigenvalue weighted by atomic mass is 9.94. The quantitative estimate of drug-likeness (QED) is 0.615. The molecule has 2 aromatic rings. The molecular formula is C18H19FO3S. The summed E-state index contributed by atoms with van der Waals surface area (Å²) in [6, 6.07) is 7.85. The predicted molar refractivity (Wildman–Crippen MR) is 88.8 cm³/mol. The number of hydrogen-bond acceptors (Lipinski definition) is 4. The third kappa shape index (κ3) is 3.85. The van der Waals surface area contributed by atoms with E-state index in [-0.39, 0.29) is 23.2 Å². The Morgan fingerprint density at radius 2 is 1.87 bits per heavy atom. The summed E-state index contributed by atoms with van der Waals surface area (Å²) >= 11 is 1.27. The van der Waals surface area contributed by atoms with Crippen molar-refractivity contribution in [2.75, 3.05) is 7.11 Å². The van der Waals surface area contributed by atoms with Crippen molar-refractivity contribution < 1.29 is 18.7 Å². The van der Waals surface area contributed by atoms with E-state index in [0.717, 1.165) is 4.88 Å². The van der Waals surface area contributed by atoms with Crippen LogP contribution in [0.15, 0.2) is 30.3 Å². The highest BCUT2D eigenvalue weighted by Gasteiger charge is 2.26. The summed E-state index contributed by atoms with van der Waals surface area (Å²) in [4.78, 5) is 25.8. The Balaban J connectivity index is 2.41. The molecule has 0 N–H and O–H groups in total. The molecule has 5 heteroatoms. The standard InChI is InChI=1S/C18H19FO3S/c1-18(2,3)15-10-12(17(21)22-4)16(23-15)14(20)9-11-7-5-6-8-13(11)19/h5-8,10H,9H2,1-4H3. The fraction of sp³-hybridized carbons (Fsp3) is 0.333. The Labute approximate surface area is 139 Å². The van der Waals surface area contributed by atoms with Gasteiger partial charge >= 0.3 is 5.97 Å². The van der Waals surface area contributed by atoms with Crippen molar-refractivity contribution >= 4 is 23.1 Å². The van der Waals surface area contributed by atoms with Crippen LogP contribution in [0.1, 0.15) is 51.2 Å². The molecule has 0 unspecified atom stereocenters. The maximum Gasteiger partial charge on any atom is 0.339 e. The van der Waals surface area contributed by atoms with Gasteiger partial charge < -0.3 is 4.74 Å². The fourth-order valence-electron chi connectivity index (χ4n) is 2.12. The number of carbonyl (C=O) groups excluding carboxylic acids is 2. The van der Waals surface area contributed by atoms with Crippen molar-refractivity contribution in [1.29, 1.82) is 0 Å². The molecule has 0 spiro atoms. The van der Waals surface area contributed by atoms with E-state index < -0.39 is 11.8 Å². The molecule has 0 radical (unpaired) electrons. The van der Waals surface area contributed by atoms with Gasteiger partial charge in [-0.15, -0.1) is 11.3 Å². The number of benzene rings is 1. The molecule has 0 aliphatic rings. The smallest absolute Gasteiger partial charge is 0.339 e. The minimum atomic E-state index is -0.548. The van der Waals surface area contributed by atoms with Gasteiger partial charge in [0, 0.05) is 11.3 Å². The second-order valence-corrected chi connectivity index (χ2v) is 7.34. The monoisotopic (exact) mass is 334 g/mol. The van der Waals surface area contributed by atoms with Crippen LogP contribution in [-0.4, -0.2) is 18.9 Å². The second kappa shape index (κ2) is 6.62. The van der Waals surface area contributed by atoms with E-state index in [1.54, 1.807) is 24.3 Å². The minimum absolute atomic E-state index is 0.0826. The zero-order chi connectivity index (χ0) is 17.2. The van der Waals surface area contributed by atoms with E-state index in [1.165, 1.54) is 24.5 Å². The summed E-state index contributed by atoms with van der Waals surface area (Å²) < 4.78 is 18.5. The highest BCUT2D eigenvalue weighted by atomic mass is 32.1. The van der Waals surface area contributed by atoms with Crippen LogP contribution in [-0.2, 0) is 16.6 Å². The number of carbonyl (C=O) groups is 2. The summed E-state index contributed by atoms with van der Waals surface area (Å²) in [7, 11) is 1.28. The average Bonchev–Trinajstić information content (AvgIpc) is 2.94. The van der Waals surface area contributed by atoms with E-state index in [1.807, 2.05) is 20.8 Å². The second-order valence-electron chi connectivity index (χ2n) is 6.29. The molecule has 0 atom stereocenters. The van der Waals surface area contributed by atoms with Crippen LogP contribution in [0.25, 0.3) is 0 Å². The van der Waals surface area contributed by atoms with Gasteiger partial charge in [0.2, 0.25) is 0 Å². The Bertz CT molecular complexity index is 741. The van der Waals surface area contributed by atoms with Gasteiger partial charge in [-0.25, -0.2) is 9.18 Å². The highest BCUT2D eigenvalue weighted by molar-refractivity contribution is 7.14. The van der Waals surface area contributed by atoms with Crippen molar-refractivity contribution in [1.82, 2.24) is 0 Å². The van der Waals surface area contributed by atoms with Gasteiger partial charge in [-0.2, -0.15) is 0 Å². The maximum atomic E-state index is 13.7. The molecule has 0 amide bonds. The molecule has 122 valence electrons. The topological polar surface area (TPSA) is 43.4 Å². The van der Waals surface area contributed by atoms with Crippen molar-refractivity contribution in [3.8, 4) is 0 Å². The number of Topliss-reactive ketones (excluding diaryl/α,β-unsaturated/α-hetero) is 1. The van der Waals surface area contributed by atoms with Crippen molar-refractivity contribution in [2.45, 2.75) is 32.6 Å². The summed E-state index contributed by atoms with van der Waals surface area (Å²) in [6.45, 7) is 6.01. The van der Waals surface area contributed by atoms with Gasteiger partial charge in [0.1, 0.15) is 5.82 Å². The van der Waals surface area contributed by atoms with Gasteiger partial charge in [0.15, 0.2) is 5.78 Å². The van der Waals surface area contributed by atoms with Crippen LogP contribution in [0.3, 0.4) is 0 Å². The fourth-order valence-corrected chi connectivity index (χ4v) is 3.27. The van der Waals surface area contributed by atoms with Crippen LogP contribution in [0.2, 0.25) is 0 Å². The molecule has 3 nitrogen and oxygen atoms in total. The third-order valence-corrected chi connectivity index (χ3v) is 5.04. The molecule has 0 bridgehead atoms. The third-order valence-electron chi connectivity index (χ3n) is 3.44. The van der Waals surface area contributed by atoms with Gasteiger partial charge in [-0.3, -0.25) is 4.79 Å². The predicted octanol–water partition coefficient (Wildman–Crippen LogP) is 4.40. The number of rotatable bonds is 4. The van der Waals surface area contributed by atoms with Crippen LogP contribution in [0.4, 0.5) is 4.39 Å². The first-order chi connectivity index (χ1) is 10.7. The summed E-state index contributed by atoms with van der Waals surface area (Å²) in [5, 5.41) is 0. The lowest BCUT2D eigenvalue weighted by Gasteiger charge is -2.15. The first-order valence-corrected chi connectivity index (χ1v) is 8.05. The Kier molecular flexibility index (Phi) is 5.00. The zero-order valence-corrected chi connectivity index (χ0v) is 14.4. The zero-order valence-electron chi connectivity index (χ0n) is 13.6. The molecule has 0 fully saturated rings. The first kappa shape index (κ1) is 17.3. The summed E-state index contributed by atoms with van der Waals surface area (Å²) in [5.74, 6) is -1.25. The number of halogens is 1. The van der Waals surface area contributed by atoms with E-state index in [9.17, 15) is 14.0 Å². The van der Waals surface area contributed by atoms with E-state index in [2.05, 4.69) is 0 Å². The molecule has 0 saturated carbocycles. The number of esters is 1. The average molecular weight is 334 g/mol. The molecule has 0 aliphatic carbocycles. The molecule has 1 aromatic heterocycles. The summed E-state index contributed by atoms with van der Waals surface area (Å²) in [6.07, 6.45) is -0.0826. The maximum absolute atomic E-state index is 13.7. The van der Waals surface area contributed by atoms with Crippen molar-refractivity contribution in [3.63, 3.8) is 0 Å². The molecule has 2 rings (SSSR count). The normalized spacial score (nSPS) is 11.3. The molecule has 0 aliphatic heterocycles. The molecule has 23 heavy (non-hydrogen) atoms. The number of thiophene rings is 1. The largest absolute Gasteiger partial charge is 0.465 e. The van der Waals surface area contributed by atoms with Gasteiger partial charge in [-0.05, 0) is 23.1 Å². The number of methoxy groups -OCH3 is 1. The molecule has 1 aromatic carbocycles. The lowest BCUT2D eigenvalue weighted by Crippen LogP contribution is -2.10. The van der Waals surface area contributed by atoms with Crippen molar-refractivity contribution in [2.24, 2.45) is 0 Å². The van der Waals surface area contributed by atoms with Gasteiger partial charge in [0.05, 0.1) is 17.6 Å². The van der Waals surface area contributed by atoms with Crippen molar-refractivity contribution in [3.05, 3.63) is 57.0 Å². The summed E-state index contributed by atoms with van der Waals surface area (Å²) in [5.41, 5.74) is 0.382. The molecule has 0 saturated heterocycles. The SMILES string of the molecule is COC(=O)c1cc(C(C)(C)C)sc1C(=O)Cc1ccccc1F. The minimum Gasteiger partial charge on any atom is -0.465 e. The van der Waals surface area contributed by atoms with Crippen LogP contribution < -0.4 is 0 Å². The van der Waals surface area contributed by atoms with Gasteiger partial charge in [0.25, 0.3) is 0 Å². The Morgan fingerprint density at radius 3 is 2.43 bits per heavy atom. The van der Waals surface area contributed by atoms with E-state index >= 15 is 0 Å². The van der Waals surface area contributed by atoms with E-state index in [4.69, 9.17) is 4.74 Å². The number of hydrogen-bond donors (Lipinski definition) is 0. The lowest BCUT2D eigenvalue weighted by molar-refractivity contribution is 0.0598. The number of ether oxygens (including phenoxy) is 1. The number of ketones is 1. The van der Waals surface area contributed by atoms with Gasteiger partial charge in [-0.1, -0.05) is 39.0 Å². The Morgan fingerprint density at radius 1 is 1.22 bits per heavy atom. The Hall–Kier alpha value is -2.01. The first-order valence-electron chi connectivity index (χ1n) is 7.23.